The minimum absolute atomic E-state index is 0.00153. The maximum atomic E-state index is 12.2. The van der Waals surface area contributed by atoms with E-state index in [9.17, 15) is 9.59 Å². The Balaban J connectivity index is 2.21. The first-order valence-electron chi connectivity index (χ1n) is 5.78. The van der Waals surface area contributed by atoms with Crippen molar-refractivity contribution in [1.82, 2.24) is 10.2 Å². The van der Waals surface area contributed by atoms with Crippen LogP contribution in [-0.2, 0) is 9.59 Å². The van der Waals surface area contributed by atoms with Gasteiger partial charge in [0.25, 0.3) is 0 Å². The van der Waals surface area contributed by atoms with Crippen molar-refractivity contribution in [2.45, 2.75) is 44.6 Å². The number of nitrogens with zero attached hydrogens (tertiary/aromatic N) is 1. The zero-order chi connectivity index (χ0) is 10.9. The van der Waals surface area contributed by atoms with E-state index in [4.69, 9.17) is 0 Å². The van der Waals surface area contributed by atoms with Crippen molar-refractivity contribution in [3.8, 4) is 0 Å². The monoisotopic (exact) mass is 210 g/mol. The lowest BCUT2D eigenvalue weighted by Crippen LogP contribution is -2.67. The third kappa shape index (κ3) is 1.73. The van der Waals surface area contributed by atoms with E-state index in [1.54, 1.807) is 4.90 Å². The summed E-state index contributed by atoms with van der Waals surface area (Å²) in [6.07, 6.45) is 4.90. The molecule has 2 fully saturated rings. The second kappa shape index (κ2) is 3.83. The summed E-state index contributed by atoms with van der Waals surface area (Å²) < 4.78 is 0. The van der Waals surface area contributed by atoms with E-state index >= 15 is 0 Å². The number of amides is 2. The highest BCUT2D eigenvalue weighted by Gasteiger charge is 2.46. The van der Waals surface area contributed by atoms with E-state index in [0.29, 0.717) is 6.54 Å². The van der Waals surface area contributed by atoms with Gasteiger partial charge in [0.2, 0.25) is 11.8 Å². The molecule has 0 atom stereocenters. The molecule has 0 aromatic rings. The van der Waals surface area contributed by atoms with Crippen LogP contribution >= 0.6 is 0 Å². The third-order valence-corrected chi connectivity index (χ3v) is 3.50. The van der Waals surface area contributed by atoms with Crippen molar-refractivity contribution in [3.05, 3.63) is 0 Å². The zero-order valence-electron chi connectivity index (χ0n) is 9.21. The Hall–Kier alpha value is -1.06. The van der Waals surface area contributed by atoms with Crippen LogP contribution in [-0.4, -0.2) is 35.3 Å². The molecule has 1 N–H and O–H groups in total. The lowest BCUT2D eigenvalue weighted by Gasteiger charge is -2.43. The third-order valence-electron chi connectivity index (χ3n) is 3.50. The standard InChI is InChI=1S/C11H18N2O2/c1-2-13-8-9(14)12-11(10(13)15)6-4-3-5-7-11/h2-8H2,1H3,(H,12,14). The Labute approximate surface area is 90.0 Å². The van der Waals surface area contributed by atoms with Gasteiger partial charge in [-0.1, -0.05) is 19.3 Å². The molecule has 0 bridgehead atoms. The van der Waals surface area contributed by atoms with E-state index < -0.39 is 5.54 Å². The molecule has 0 aromatic carbocycles. The van der Waals surface area contributed by atoms with E-state index in [-0.39, 0.29) is 18.4 Å². The van der Waals surface area contributed by atoms with Gasteiger partial charge in [-0.2, -0.15) is 0 Å². The van der Waals surface area contributed by atoms with Gasteiger partial charge in [0.05, 0.1) is 6.54 Å². The van der Waals surface area contributed by atoms with Crippen molar-refractivity contribution in [1.29, 1.82) is 0 Å². The van der Waals surface area contributed by atoms with Crippen LogP contribution in [0.15, 0.2) is 0 Å². The number of hydrogen-bond acceptors (Lipinski definition) is 2. The quantitative estimate of drug-likeness (QED) is 0.691. The average molecular weight is 210 g/mol. The first-order valence-corrected chi connectivity index (χ1v) is 5.78. The normalized spacial score (nSPS) is 25.5. The van der Waals surface area contributed by atoms with E-state index in [0.717, 1.165) is 25.7 Å². The molecule has 1 saturated heterocycles. The van der Waals surface area contributed by atoms with Gasteiger partial charge in [-0.05, 0) is 19.8 Å². The van der Waals surface area contributed by atoms with Crippen LogP contribution in [0.1, 0.15) is 39.0 Å². The fourth-order valence-corrected chi connectivity index (χ4v) is 2.66. The molecule has 2 aliphatic rings. The van der Waals surface area contributed by atoms with Gasteiger partial charge in [-0.15, -0.1) is 0 Å². The van der Waals surface area contributed by atoms with Crippen molar-refractivity contribution in [2.24, 2.45) is 0 Å². The number of nitrogens with one attached hydrogen (secondary N) is 1. The minimum atomic E-state index is -0.552. The van der Waals surface area contributed by atoms with Crippen molar-refractivity contribution >= 4 is 11.8 Å². The summed E-state index contributed by atoms with van der Waals surface area (Å²) >= 11 is 0. The van der Waals surface area contributed by atoms with E-state index in [1.807, 2.05) is 6.92 Å². The van der Waals surface area contributed by atoms with Gasteiger partial charge in [0.15, 0.2) is 0 Å². The summed E-state index contributed by atoms with van der Waals surface area (Å²) in [4.78, 5) is 25.4. The number of rotatable bonds is 1. The zero-order valence-corrected chi connectivity index (χ0v) is 9.21. The number of carbonyl (C=O) groups excluding carboxylic acids is 2. The van der Waals surface area contributed by atoms with Crippen LogP contribution in [0.2, 0.25) is 0 Å². The predicted molar refractivity (Wildman–Crippen MR) is 56.2 cm³/mol. The molecule has 15 heavy (non-hydrogen) atoms. The van der Waals surface area contributed by atoms with Gasteiger partial charge in [-0.25, -0.2) is 0 Å². The fourth-order valence-electron chi connectivity index (χ4n) is 2.66. The molecule has 4 nitrogen and oxygen atoms in total. The van der Waals surface area contributed by atoms with Crippen molar-refractivity contribution < 1.29 is 9.59 Å². The highest BCUT2D eigenvalue weighted by atomic mass is 16.2. The van der Waals surface area contributed by atoms with E-state index in [1.165, 1.54) is 6.42 Å². The summed E-state index contributed by atoms with van der Waals surface area (Å²) in [5, 5.41) is 2.92. The minimum Gasteiger partial charge on any atom is -0.340 e. The van der Waals surface area contributed by atoms with Crippen LogP contribution in [0, 0.1) is 0 Å². The molecule has 2 amide bonds. The van der Waals surface area contributed by atoms with Crippen LogP contribution in [0.3, 0.4) is 0 Å². The summed E-state index contributed by atoms with van der Waals surface area (Å²) in [7, 11) is 0. The van der Waals surface area contributed by atoms with Crippen LogP contribution in [0.4, 0.5) is 0 Å². The second-order valence-electron chi connectivity index (χ2n) is 4.51. The van der Waals surface area contributed by atoms with Crippen LogP contribution in [0.25, 0.3) is 0 Å². The Bertz CT molecular complexity index is 282. The largest absolute Gasteiger partial charge is 0.340 e. The highest BCUT2D eigenvalue weighted by molar-refractivity contribution is 5.98. The SMILES string of the molecule is CCN1CC(=O)NC2(CCCCC2)C1=O. The van der Waals surface area contributed by atoms with Crippen molar-refractivity contribution in [3.63, 3.8) is 0 Å². The number of carbonyl (C=O) groups is 2. The average Bonchev–Trinajstić information content (AvgIpc) is 2.25. The topological polar surface area (TPSA) is 49.4 Å². The number of hydrogen-bond donors (Lipinski definition) is 1. The number of piperazine rings is 1. The highest BCUT2D eigenvalue weighted by Crippen LogP contribution is 2.31. The lowest BCUT2D eigenvalue weighted by molar-refractivity contribution is -0.151. The van der Waals surface area contributed by atoms with Gasteiger partial charge >= 0.3 is 0 Å². The Morgan fingerprint density at radius 3 is 2.53 bits per heavy atom. The number of likely N-dealkylation sites (N-methyl/N-ethyl adjacent to an activating group) is 1. The first kappa shape index (κ1) is 10.5. The maximum Gasteiger partial charge on any atom is 0.248 e. The molecule has 1 spiro atoms. The summed E-state index contributed by atoms with van der Waals surface area (Å²) in [6.45, 7) is 2.79. The molecular formula is C11H18N2O2. The van der Waals surface area contributed by atoms with Crippen molar-refractivity contribution in [2.75, 3.05) is 13.1 Å². The van der Waals surface area contributed by atoms with Gasteiger partial charge in [0.1, 0.15) is 5.54 Å². The summed E-state index contributed by atoms with van der Waals surface area (Å²) in [5.74, 6) is 0.127. The second-order valence-corrected chi connectivity index (χ2v) is 4.51. The Morgan fingerprint density at radius 2 is 1.93 bits per heavy atom. The summed E-state index contributed by atoms with van der Waals surface area (Å²) in [6, 6.07) is 0. The van der Waals surface area contributed by atoms with E-state index in [2.05, 4.69) is 5.32 Å². The summed E-state index contributed by atoms with van der Waals surface area (Å²) in [5.41, 5.74) is -0.552. The molecule has 1 aliphatic heterocycles. The first-order chi connectivity index (χ1) is 7.18. The fraction of sp³-hybridized carbons (Fsp3) is 0.818. The molecule has 0 unspecified atom stereocenters. The smallest absolute Gasteiger partial charge is 0.248 e. The van der Waals surface area contributed by atoms with Gasteiger partial charge in [-0.3, -0.25) is 9.59 Å². The molecule has 2 rings (SSSR count). The molecule has 0 aromatic heterocycles. The molecule has 1 heterocycles. The molecular weight excluding hydrogens is 192 g/mol. The Morgan fingerprint density at radius 1 is 1.27 bits per heavy atom. The molecule has 84 valence electrons. The van der Waals surface area contributed by atoms with Gasteiger partial charge in [0, 0.05) is 6.54 Å². The maximum absolute atomic E-state index is 12.2. The van der Waals surface area contributed by atoms with Gasteiger partial charge < -0.3 is 10.2 Å². The lowest BCUT2D eigenvalue weighted by atomic mass is 9.79. The molecule has 4 heteroatoms. The molecule has 0 radical (unpaired) electrons. The molecule has 1 aliphatic carbocycles. The van der Waals surface area contributed by atoms with Crippen LogP contribution in [0.5, 0.6) is 0 Å². The predicted octanol–water partition coefficient (Wildman–Crippen LogP) is 0.668. The molecule has 1 saturated carbocycles. The van der Waals surface area contributed by atoms with Crippen LogP contribution < -0.4 is 5.32 Å². The Kier molecular flexibility index (Phi) is 2.67.